The van der Waals surface area contributed by atoms with Crippen molar-refractivity contribution in [3.05, 3.63) is 66.0 Å². The van der Waals surface area contributed by atoms with Gasteiger partial charge in [0, 0.05) is 30.3 Å². The van der Waals surface area contributed by atoms with Crippen LogP contribution in [-0.2, 0) is 21.4 Å². The van der Waals surface area contributed by atoms with Crippen LogP contribution in [0, 0.1) is 11.2 Å². The summed E-state index contributed by atoms with van der Waals surface area (Å²) in [4.78, 5) is 17.6. The van der Waals surface area contributed by atoms with E-state index in [1.54, 1.807) is 44.2 Å². The van der Waals surface area contributed by atoms with E-state index in [2.05, 4.69) is 10.3 Å². The second-order valence-corrected chi connectivity index (χ2v) is 13.5. The van der Waals surface area contributed by atoms with E-state index in [0.29, 0.717) is 30.7 Å². The SMILES string of the molecule is CC1(C)NC(C23CC(N(Cc4cccc(F)c4)S(=O)(=O)c4ccccc4)(C2)C3)=N[C@H]1C(=O)CCCC(F)(F)F. The van der Waals surface area contributed by atoms with Crippen LogP contribution in [0.5, 0.6) is 0 Å². The number of ketones is 1. The van der Waals surface area contributed by atoms with Crippen LogP contribution in [0.3, 0.4) is 0 Å². The van der Waals surface area contributed by atoms with Crippen molar-refractivity contribution in [2.75, 3.05) is 0 Å². The van der Waals surface area contributed by atoms with E-state index in [1.807, 2.05) is 0 Å². The average molecular weight is 566 g/mol. The van der Waals surface area contributed by atoms with Gasteiger partial charge in [-0.15, -0.1) is 0 Å². The lowest BCUT2D eigenvalue weighted by atomic mass is 9.38. The highest BCUT2D eigenvalue weighted by Crippen LogP contribution is 2.71. The minimum atomic E-state index is -4.31. The Morgan fingerprint density at radius 3 is 2.36 bits per heavy atom. The summed E-state index contributed by atoms with van der Waals surface area (Å²) in [5.74, 6) is -0.171. The maximum atomic E-state index is 13.9. The van der Waals surface area contributed by atoms with Crippen molar-refractivity contribution in [1.29, 1.82) is 0 Å². The van der Waals surface area contributed by atoms with Crippen molar-refractivity contribution in [3.8, 4) is 0 Å². The molecular formula is C28H31F4N3O3S. The standard InChI is InChI=1S/C28H31F4N3O3S/c1-25(2)23(22(36)12-7-13-28(30,31)32)33-24(34-25)26-16-27(17-26,18-26)35(15-19-8-6-9-20(29)14-19)39(37,38)21-10-4-3-5-11-21/h3-6,8-11,14,23H,7,12-13,15-18H2,1-2H3,(H,33,34)/t23-,26?,27?/m0/s1. The summed E-state index contributed by atoms with van der Waals surface area (Å²) < 4.78 is 80.6. The fraction of sp³-hybridized carbons (Fsp3) is 0.500. The minimum Gasteiger partial charge on any atom is -0.366 e. The number of alkyl halides is 3. The molecule has 0 spiro atoms. The van der Waals surface area contributed by atoms with E-state index in [-0.39, 0.29) is 30.1 Å². The monoisotopic (exact) mass is 565 g/mol. The zero-order chi connectivity index (χ0) is 28.3. The van der Waals surface area contributed by atoms with Crippen LogP contribution in [0.25, 0.3) is 0 Å². The number of Topliss-reactive ketones (excluding diaryl/α,β-unsaturated/α-hetero) is 1. The molecule has 11 heteroatoms. The van der Waals surface area contributed by atoms with Crippen LogP contribution in [0.1, 0.15) is 57.9 Å². The molecule has 1 atom stereocenters. The van der Waals surface area contributed by atoms with Gasteiger partial charge in [-0.1, -0.05) is 30.3 Å². The third-order valence-corrected chi connectivity index (χ3v) is 10.1. The number of nitrogens with zero attached hydrogens (tertiary/aromatic N) is 2. The van der Waals surface area contributed by atoms with Gasteiger partial charge < -0.3 is 5.32 Å². The smallest absolute Gasteiger partial charge is 0.366 e. The third kappa shape index (κ3) is 5.11. The molecule has 3 fully saturated rings. The highest BCUT2D eigenvalue weighted by atomic mass is 32.2. The molecule has 1 N–H and O–H groups in total. The van der Waals surface area contributed by atoms with Gasteiger partial charge in [0.25, 0.3) is 0 Å². The molecule has 6 nitrogen and oxygen atoms in total. The molecule has 210 valence electrons. The molecule has 3 saturated carbocycles. The predicted octanol–water partition coefficient (Wildman–Crippen LogP) is 5.39. The number of sulfonamides is 1. The number of hydrogen-bond acceptors (Lipinski definition) is 5. The molecule has 2 aromatic carbocycles. The Balaban J connectivity index is 1.36. The van der Waals surface area contributed by atoms with Crippen molar-refractivity contribution in [2.45, 2.75) is 87.1 Å². The number of hydrogen-bond donors (Lipinski definition) is 1. The maximum Gasteiger partial charge on any atom is 0.389 e. The van der Waals surface area contributed by atoms with E-state index in [4.69, 9.17) is 0 Å². The molecule has 6 rings (SSSR count). The Morgan fingerprint density at radius 2 is 1.74 bits per heavy atom. The summed E-state index contributed by atoms with van der Waals surface area (Å²) in [7, 11) is -3.91. The molecule has 2 aromatic rings. The van der Waals surface area contributed by atoms with Crippen molar-refractivity contribution in [1.82, 2.24) is 9.62 Å². The Morgan fingerprint density at radius 1 is 1.08 bits per heavy atom. The number of rotatable bonds is 10. The van der Waals surface area contributed by atoms with Crippen LogP contribution in [0.15, 0.2) is 64.5 Å². The quantitative estimate of drug-likeness (QED) is 0.392. The number of carbonyl (C=O) groups is 1. The zero-order valence-corrected chi connectivity index (χ0v) is 22.6. The number of nitrogens with one attached hydrogen (secondary N) is 1. The molecule has 0 radical (unpaired) electrons. The molecule has 1 heterocycles. The lowest BCUT2D eigenvalue weighted by Gasteiger charge is -2.73. The molecular weight excluding hydrogens is 534 g/mol. The fourth-order valence-electron chi connectivity index (χ4n) is 6.32. The molecule has 0 amide bonds. The number of halogens is 4. The molecule has 2 bridgehead atoms. The number of amidine groups is 1. The number of aliphatic imine (C=N–C) groups is 1. The molecule has 1 aliphatic heterocycles. The summed E-state index contributed by atoms with van der Waals surface area (Å²) in [6, 6.07) is 13.2. The fourth-order valence-corrected chi connectivity index (χ4v) is 8.10. The van der Waals surface area contributed by atoms with Crippen molar-refractivity contribution >= 4 is 21.6 Å². The summed E-state index contributed by atoms with van der Waals surface area (Å²) in [5.41, 5.74) is -1.32. The molecule has 0 saturated heterocycles. The van der Waals surface area contributed by atoms with Crippen LogP contribution >= 0.6 is 0 Å². The number of benzene rings is 2. The Labute approximate surface area is 225 Å². The van der Waals surface area contributed by atoms with Crippen LogP contribution < -0.4 is 5.32 Å². The van der Waals surface area contributed by atoms with Gasteiger partial charge in [-0.2, -0.15) is 17.5 Å². The van der Waals surface area contributed by atoms with E-state index in [1.165, 1.54) is 28.6 Å². The van der Waals surface area contributed by atoms with E-state index >= 15 is 0 Å². The first-order valence-corrected chi connectivity index (χ1v) is 14.4. The van der Waals surface area contributed by atoms with Gasteiger partial charge in [0.05, 0.1) is 10.4 Å². The first-order chi connectivity index (χ1) is 18.2. The summed E-state index contributed by atoms with van der Waals surface area (Å²) >= 11 is 0. The largest absolute Gasteiger partial charge is 0.389 e. The van der Waals surface area contributed by atoms with Crippen molar-refractivity contribution < 1.29 is 30.8 Å². The van der Waals surface area contributed by atoms with E-state index < -0.39 is 51.0 Å². The highest BCUT2D eigenvalue weighted by molar-refractivity contribution is 7.89. The minimum absolute atomic E-state index is 0.0107. The Hall–Kier alpha value is -2.79. The first kappa shape index (κ1) is 27.8. The van der Waals surface area contributed by atoms with Crippen LogP contribution in [0.4, 0.5) is 17.6 Å². The second kappa shape index (κ2) is 9.40. The van der Waals surface area contributed by atoms with Gasteiger partial charge in [-0.3, -0.25) is 9.79 Å². The molecule has 39 heavy (non-hydrogen) atoms. The van der Waals surface area contributed by atoms with Gasteiger partial charge in [-0.25, -0.2) is 12.8 Å². The summed E-state index contributed by atoms with van der Waals surface area (Å²) in [5, 5.41) is 3.32. The highest BCUT2D eigenvalue weighted by Gasteiger charge is 2.75. The summed E-state index contributed by atoms with van der Waals surface area (Å²) in [6.07, 6.45) is -4.36. The topological polar surface area (TPSA) is 78.8 Å². The molecule has 0 unspecified atom stereocenters. The van der Waals surface area contributed by atoms with Crippen LogP contribution in [0.2, 0.25) is 0 Å². The summed E-state index contributed by atoms with van der Waals surface area (Å²) in [6.45, 7) is 3.61. The van der Waals surface area contributed by atoms with Gasteiger partial charge >= 0.3 is 6.18 Å². The Bertz CT molecular complexity index is 1390. The van der Waals surface area contributed by atoms with E-state index in [9.17, 15) is 30.8 Å². The first-order valence-electron chi connectivity index (χ1n) is 12.9. The predicted molar refractivity (Wildman–Crippen MR) is 138 cm³/mol. The normalized spacial score (nSPS) is 27.4. The van der Waals surface area contributed by atoms with Gasteiger partial charge in [0.2, 0.25) is 10.0 Å². The molecule has 0 aromatic heterocycles. The lowest BCUT2D eigenvalue weighted by molar-refractivity contribution is -0.151. The van der Waals surface area contributed by atoms with E-state index in [0.717, 1.165) is 0 Å². The lowest BCUT2D eigenvalue weighted by Crippen LogP contribution is -2.78. The van der Waals surface area contributed by atoms with Crippen molar-refractivity contribution in [3.63, 3.8) is 0 Å². The van der Waals surface area contributed by atoms with Gasteiger partial charge in [-0.05, 0) is 69.4 Å². The number of carbonyl (C=O) groups excluding carboxylic acids is 1. The van der Waals surface area contributed by atoms with Gasteiger partial charge in [0.1, 0.15) is 17.7 Å². The molecule has 3 aliphatic carbocycles. The second-order valence-electron chi connectivity index (χ2n) is 11.7. The average Bonchev–Trinajstić information content (AvgIpc) is 3.11. The maximum absolute atomic E-state index is 13.9. The molecule has 4 aliphatic rings. The third-order valence-electron chi connectivity index (χ3n) is 8.15. The zero-order valence-electron chi connectivity index (χ0n) is 21.8. The Kier molecular flexibility index (Phi) is 6.69. The van der Waals surface area contributed by atoms with Crippen LogP contribution in [-0.4, -0.2) is 47.6 Å². The van der Waals surface area contributed by atoms with Crippen molar-refractivity contribution in [2.24, 2.45) is 10.4 Å². The van der Waals surface area contributed by atoms with Gasteiger partial charge in [0.15, 0.2) is 5.78 Å².